The van der Waals surface area contributed by atoms with Crippen molar-refractivity contribution in [2.45, 2.75) is 18.0 Å². The van der Waals surface area contributed by atoms with E-state index in [4.69, 9.17) is 16.3 Å². The maximum atomic E-state index is 13.7. The predicted octanol–water partition coefficient (Wildman–Crippen LogP) is 4.80. The number of aromatic nitrogens is 2. The SMILES string of the molecule is O=C(c1n[nH]c2ccc(CN3CCOCC3)cc2c1=O)N(CSc1ccccc1)Cc1ccc(Cl)cc1. The summed E-state index contributed by atoms with van der Waals surface area (Å²) in [6, 6.07) is 22.9. The molecule has 3 aromatic carbocycles. The Balaban J connectivity index is 1.42. The molecule has 0 saturated carbocycles. The molecule has 7 nitrogen and oxygen atoms in total. The van der Waals surface area contributed by atoms with Gasteiger partial charge in [0, 0.05) is 41.5 Å². The molecule has 1 aliphatic rings. The molecule has 1 aliphatic heterocycles. The Morgan fingerprint density at radius 3 is 2.51 bits per heavy atom. The Morgan fingerprint density at radius 2 is 1.76 bits per heavy atom. The summed E-state index contributed by atoms with van der Waals surface area (Å²) in [5, 5.41) is 8.20. The fourth-order valence-electron chi connectivity index (χ4n) is 4.24. The number of ether oxygens (including phenoxy) is 1. The highest BCUT2D eigenvalue weighted by Gasteiger charge is 2.23. The van der Waals surface area contributed by atoms with E-state index in [1.54, 1.807) is 17.0 Å². The number of benzene rings is 3. The van der Waals surface area contributed by atoms with Gasteiger partial charge in [-0.3, -0.25) is 19.6 Å². The summed E-state index contributed by atoms with van der Waals surface area (Å²) < 4.78 is 5.43. The van der Waals surface area contributed by atoms with Gasteiger partial charge in [-0.25, -0.2) is 0 Å². The molecule has 0 bridgehead atoms. The van der Waals surface area contributed by atoms with E-state index in [1.165, 1.54) is 11.8 Å². The van der Waals surface area contributed by atoms with Crippen LogP contribution in [0.25, 0.3) is 10.9 Å². The summed E-state index contributed by atoms with van der Waals surface area (Å²) in [5.74, 6) is -0.0538. The third-order valence-electron chi connectivity index (χ3n) is 6.25. The van der Waals surface area contributed by atoms with Crippen LogP contribution in [-0.2, 0) is 17.8 Å². The average Bonchev–Trinajstić information content (AvgIpc) is 2.93. The summed E-state index contributed by atoms with van der Waals surface area (Å²) >= 11 is 7.58. The van der Waals surface area contributed by atoms with Crippen molar-refractivity contribution >= 4 is 40.2 Å². The van der Waals surface area contributed by atoms with Gasteiger partial charge < -0.3 is 9.64 Å². The second-order valence-electron chi connectivity index (χ2n) is 8.89. The number of nitrogens with zero attached hydrogens (tertiary/aromatic N) is 3. The first-order valence-corrected chi connectivity index (χ1v) is 13.5. The molecule has 0 unspecified atom stereocenters. The molecule has 1 aromatic heterocycles. The lowest BCUT2D eigenvalue weighted by molar-refractivity contribution is 0.0342. The van der Waals surface area contributed by atoms with Crippen LogP contribution in [0.3, 0.4) is 0 Å². The van der Waals surface area contributed by atoms with E-state index in [0.29, 0.717) is 41.6 Å². The van der Waals surface area contributed by atoms with Crippen molar-refractivity contribution in [2.75, 3.05) is 32.2 Å². The predicted molar refractivity (Wildman–Crippen MR) is 147 cm³/mol. The first-order valence-electron chi connectivity index (χ1n) is 12.1. The van der Waals surface area contributed by atoms with Crippen molar-refractivity contribution in [3.05, 3.63) is 105 Å². The van der Waals surface area contributed by atoms with Gasteiger partial charge in [0.2, 0.25) is 5.43 Å². The summed E-state index contributed by atoms with van der Waals surface area (Å²) in [6.07, 6.45) is 0. The summed E-state index contributed by atoms with van der Waals surface area (Å²) in [7, 11) is 0. The van der Waals surface area contributed by atoms with Gasteiger partial charge in [-0.05, 0) is 47.5 Å². The minimum Gasteiger partial charge on any atom is -0.379 e. The topological polar surface area (TPSA) is 78.5 Å². The summed E-state index contributed by atoms with van der Waals surface area (Å²) in [5.41, 5.74) is 2.06. The number of aromatic amines is 1. The lowest BCUT2D eigenvalue weighted by Gasteiger charge is -2.26. The van der Waals surface area contributed by atoms with Crippen LogP contribution in [0.2, 0.25) is 5.02 Å². The molecule has 0 aliphatic carbocycles. The summed E-state index contributed by atoms with van der Waals surface area (Å²) in [6.45, 7) is 4.18. The third-order valence-corrected chi connectivity index (χ3v) is 7.55. The van der Waals surface area contributed by atoms with Crippen molar-refractivity contribution < 1.29 is 9.53 Å². The van der Waals surface area contributed by atoms with Gasteiger partial charge in [0.05, 0.1) is 24.6 Å². The molecule has 37 heavy (non-hydrogen) atoms. The van der Waals surface area contributed by atoms with Gasteiger partial charge >= 0.3 is 0 Å². The van der Waals surface area contributed by atoms with Gasteiger partial charge in [0.1, 0.15) is 0 Å². The number of hydrogen-bond acceptors (Lipinski definition) is 6. The first kappa shape index (κ1) is 25.5. The molecule has 0 spiro atoms. The van der Waals surface area contributed by atoms with Crippen molar-refractivity contribution in [3.63, 3.8) is 0 Å². The van der Waals surface area contributed by atoms with Crippen molar-refractivity contribution in [1.82, 2.24) is 20.0 Å². The highest BCUT2D eigenvalue weighted by Crippen LogP contribution is 2.22. The van der Waals surface area contributed by atoms with Gasteiger partial charge in [0.15, 0.2) is 5.69 Å². The zero-order chi connectivity index (χ0) is 25.6. The molecule has 1 saturated heterocycles. The molecule has 2 heterocycles. The van der Waals surface area contributed by atoms with Crippen LogP contribution in [0.15, 0.2) is 82.5 Å². The Kier molecular flexibility index (Phi) is 8.21. The first-order chi connectivity index (χ1) is 18.1. The number of thioether (sulfide) groups is 1. The van der Waals surface area contributed by atoms with Crippen LogP contribution < -0.4 is 5.43 Å². The van der Waals surface area contributed by atoms with Crippen LogP contribution in [0.5, 0.6) is 0 Å². The molecule has 5 rings (SSSR count). The highest BCUT2D eigenvalue weighted by molar-refractivity contribution is 7.99. The Bertz CT molecular complexity index is 1420. The fourth-order valence-corrected chi connectivity index (χ4v) is 5.23. The molecule has 0 atom stereocenters. The normalized spacial score (nSPS) is 14.1. The number of halogens is 1. The van der Waals surface area contributed by atoms with Gasteiger partial charge in [-0.15, -0.1) is 11.8 Å². The molecule has 1 fully saturated rings. The molecule has 190 valence electrons. The van der Waals surface area contributed by atoms with Crippen LogP contribution in [0.4, 0.5) is 0 Å². The van der Waals surface area contributed by atoms with Crippen LogP contribution in [0.1, 0.15) is 21.6 Å². The number of nitrogens with one attached hydrogen (secondary N) is 1. The number of rotatable bonds is 8. The summed E-state index contributed by atoms with van der Waals surface area (Å²) in [4.78, 5) is 32.2. The third kappa shape index (κ3) is 6.40. The molecular formula is C28H27ClN4O3S. The molecule has 1 amide bonds. The number of amides is 1. The second kappa shape index (κ2) is 11.9. The van der Waals surface area contributed by atoms with Crippen LogP contribution in [-0.4, -0.2) is 58.1 Å². The molecule has 1 N–H and O–H groups in total. The van der Waals surface area contributed by atoms with E-state index in [2.05, 4.69) is 15.1 Å². The number of carbonyl (C=O) groups is 1. The Hall–Kier alpha value is -3.17. The maximum absolute atomic E-state index is 13.7. The van der Waals surface area contributed by atoms with Crippen molar-refractivity contribution in [1.29, 1.82) is 0 Å². The van der Waals surface area contributed by atoms with Crippen molar-refractivity contribution in [2.24, 2.45) is 0 Å². The van der Waals surface area contributed by atoms with Crippen LogP contribution in [0, 0.1) is 0 Å². The second-order valence-corrected chi connectivity index (χ2v) is 10.3. The Morgan fingerprint density at radius 1 is 1.03 bits per heavy atom. The van der Waals surface area contributed by atoms with E-state index in [1.807, 2.05) is 60.7 Å². The number of H-pyrrole nitrogens is 1. The quantitative estimate of drug-likeness (QED) is 0.258. The number of morpholine rings is 1. The van der Waals surface area contributed by atoms with E-state index >= 15 is 0 Å². The smallest absolute Gasteiger partial charge is 0.279 e. The standard InChI is InChI=1S/C28H27ClN4O3S/c29-22-9-6-20(7-10-22)18-33(19-37-23-4-2-1-3-5-23)28(35)26-27(34)24-16-21(8-11-25(24)30-31-26)17-32-12-14-36-15-13-32/h1-11,16H,12-15,17-19H2,(H,30,34). The Labute approximate surface area is 224 Å². The zero-order valence-corrected chi connectivity index (χ0v) is 21.8. The zero-order valence-electron chi connectivity index (χ0n) is 20.2. The lowest BCUT2D eigenvalue weighted by atomic mass is 10.1. The molecular weight excluding hydrogens is 508 g/mol. The highest BCUT2D eigenvalue weighted by atomic mass is 35.5. The van der Waals surface area contributed by atoms with Crippen LogP contribution >= 0.6 is 23.4 Å². The van der Waals surface area contributed by atoms with Crippen molar-refractivity contribution in [3.8, 4) is 0 Å². The average molecular weight is 535 g/mol. The molecule has 0 radical (unpaired) electrons. The van der Waals surface area contributed by atoms with Gasteiger partial charge in [0.25, 0.3) is 5.91 Å². The largest absolute Gasteiger partial charge is 0.379 e. The number of fused-ring (bicyclic) bond motifs is 1. The van der Waals surface area contributed by atoms with E-state index < -0.39 is 5.91 Å². The minimum absolute atomic E-state index is 0.112. The van der Waals surface area contributed by atoms with E-state index in [-0.39, 0.29) is 11.1 Å². The molecule has 4 aromatic rings. The van der Waals surface area contributed by atoms with Gasteiger partial charge in [-0.1, -0.05) is 48.0 Å². The number of hydrogen-bond donors (Lipinski definition) is 1. The maximum Gasteiger partial charge on any atom is 0.279 e. The van der Waals surface area contributed by atoms with Gasteiger partial charge in [-0.2, -0.15) is 5.10 Å². The van der Waals surface area contributed by atoms with E-state index in [9.17, 15) is 9.59 Å². The lowest BCUT2D eigenvalue weighted by Crippen LogP contribution is -2.36. The monoisotopic (exact) mass is 534 g/mol. The van der Waals surface area contributed by atoms with E-state index in [0.717, 1.165) is 35.7 Å². The number of carbonyl (C=O) groups excluding carboxylic acids is 1. The fraction of sp³-hybridized carbons (Fsp3) is 0.250. The molecule has 9 heteroatoms. The minimum atomic E-state index is -0.417.